The molecule has 2 N–H and O–H groups in total. The van der Waals surface area contributed by atoms with Crippen LogP contribution in [0.15, 0.2) is 0 Å². The zero-order valence-electron chi connectivity index (χ0n) is 6.29. The lowest BCUT2D eigenvalue weighted by Crippen LogP contribution is -2.26. The summed E-state index contributed by atoms with van der Waals surface area (Å²) in [5.41, 5.74) is 5.14. The highest BCUT2D eigenvalue weighted by Crippen LogP contribution is 1.95. The van der Waals surface area contributed by atoms with E-state index in [0.717, 1.165) is 0 Å². The predicted molar refractivity (Wildman–Crippen MR) is 36.5 cm³/mol. The van der Waals surface area contributed by atoms with Crippen LogP contribution in [0, 0.1) is 0 Å². The molecule has 4 nitrogen and oxygen atoms in total. The summed E-state index contributed by atoms with van der Waals surface area (Å²) in [6, 6.07) is 0. The number of ketones is 1. The summed E-state index contributed by atoms with van der Waals surface area (Å²) in [6.07, 6.45) is -0.449. The smallest absolute Gasteiger partial charge is 0.217 e. The Labute approximate surface area is 60.3 Å². The SMILES string of the molecule is COC(OC)C(=O)CCN. The standard InChI is InChI=1S/C6H13NO3/c1-9-6(10-2)5(8)3-4-7/h6H,3-4,7H2,1-2H3. The maximum absolute atomic E-state index is 10.9. The van der Waals surface area contributed by atoms with Gasteiger partial charge in [-0.15, -0.1) is 0 Å². The Hall–Kier alpha value is -0.450. The highest BCUT2D eigenvalue weighted by atomic mass is 16.7. The van der Waals surface area contributed by atoms with Gasteiger partial charge in [0.2, 0.25) is 6.29 Å². The number of ether oxygens (including phenoxy) is 2. The summed E-state index contributed by atoms with van der Waals surface area (Å²) in [5.74, 6) is -0.118. The minimum Gasteiger partial charge on any atom is -0.349 e. The van der Waals surface area contributed by atoms with E-state index in [9.17, 15) is 4.79 Å². The van der Waals surface area contributed by atoms with Crippen molar-refractivity contribution in [3.63, 3.8) is 0 Å². The molecule has 60 valence electrons. The number of methoxy groups -OCH3 is 2. The van der Waals surface area contributed by atoms with Crippen molar-refractivity contribution in [3.8, 4) is 0 Å². The molecule has 0 aliphatic carbocycles. The van der Waals surface area contributed by atoms with Crippen LogP contribution in [0.5, 0.6) is 0 Å². The zero-order valence-corrected chi connectivity index (χ0v) is 6.29. The van der Waals surface area contributed by atoms with Gasteiger partial charge in [0.1, 0.15) is 0 Å². The van der Waals surface area contributed by atoms with Gasteiger partial charge in [-0.2, -0.15) is 0 Å². The van der Waals surface area contributed by atoms with Crippen molar-refractivity contribution < 1.29 is 14.3 Å². The Morgan fingerprint density at radius 3 is 2.30 bits per heavy atom. The third-order valence-electron chi connectivity index (χ3n) is 1.08. The van der Waals surface area contributed by atoms with E-state index in [1.165, 1.54) is 14.2 Å². The molecule has 0 radical (unpaired) electrons. The van der Waals surface area contributed by atoms with Crippen molar-refractivity contribution in [2.45, 2.75) is 12.7 Å². The highest BCUT2D eigenvalue weighted by molar-refractivity contribution is 5.81. The van der Waals surface area contributed by atoms with Gasteiger partial charge in [-0.25, -0.2) is 0 Å². The fraction of sp³-hybridized carbons (Fsp3) is 0.833. The molecular weight excluding hydrogens is 134 g/mol. The Bertz CT molecular complexity index is 101. The van der Waals surface area contributed by atoms with Crippen LogP contribution in [0.2, 0.25) is 0 Å². The number of nitrogens with two attached hydrogens (primary N) is 1. The number of carbonyl (C=O) groups is 1. The molecule has 0 saturated carbocycles. The number of rotatable bonds is 5. The van der Waals surface area contributed by atoms with E-state index in [4.69, 9.17) is 5.73 Å². The zero-order chi connectivity index (χ0) is 7.98. The third kappa shape index (κ3) is 2.91. The van der Waals surface area contributed by atoms with Gasteiger partial charge in [0.05, 0.1) is 0 Å². The van der Waals surface area contributed by atoms with Crippen molar-refractivity contribution in [1.82, 2.24) is 0 Å². The van der Waals surface area contributed by atoms with Gasteiger partial charge in [0.15, 0.2) is 5.78 Å². The number of carbonyl (C=O) groups excluding carboxylic acids is 1. The lowest BCUT2D eigenvalue weighted by Gasteiger charge is -2.10. The normalized spacial score (nSPS) is 10.4. The van der Waals surface area contributed by atoms with Crippen molar-refractivity contribution in [3.05, 3.63) is 0 Å². The Balaban J connectivity index is 3.65. The lowest BCUT2D eigenvalue weighted by molar-refractivity contribution is -0.156. The van der Waals surface area contributed by atoms with Crippen molar-refractivity contribution >= 4 is 5.78 Å². The topological polar surface area (TPSA) is 61.5 Å². The summed E-state index contributed by atoms with van der Waals surface area (Å²) in [6.45, 7) is 0.335. The van der Waals surface area contributed by atoms with Crippen molar-refractivity contribution in [2.75, 3.05) is 20.8 Å². The minimum atomic E-state index is -0.747. The molecular formula is C6H13NO3. The summed E-state index contributed by atoms with van der Waals surface area (Å²) in [7, 11) is 2.84. The van der Waals surface area contributed by atoms with Crippen LogP contribution in [0.4, 0.5) is 0 Å². The quantitative estimate of drug-likeness (QED) is 0.534. The average Bonchev–Trinajstić information content (AvgIpc) is 1.91. The van der Waals surface area contributed by atoms with E-state index in [-0.39, 0.29) is 5.78 Å². The van der Waals surface area contributed by atoms with Crippen molar-refractivity contribution in [1.29, 1.82) is 0 Å². The molecule has 4 heteroatoms. The summed E-state index contributed by atoms with van der Waals surface area (Å²) >= 11 is 0. The fourth-order valence-electron chi connectivity index (χ4n) is 0.619. The second-order valence-electron chi connectivity index (χ2n) is 1.81. The molecule has 0 saturated heterocycles. The summed E-state index contributed by atoms with van der Waals surface area (Å²) in [4.78, 5) is 10.9. The van der Waals surface area contributed by atoms with E-state index >= 15 is 0 Å². The van der Waals surface area contributed by atoms with Gasteiger partial charge in [-0.3, -0.25) is 4.79 Å². The first-order valence-electron chi connectivity index (χ1n) is 3.04. The van der Waals surface area contributed by atoms with Crippen LogP contribution < -0.4 is 5.73 Å². The van der Waals surface area contributed by atoms with Gasteiger partial charge in [-0.05, 0) is 6.54 Å². The van der Waals surface area contributed by atoms with Crippen molar-refractivity contribution in [2.24, 2.45) is 5.73 Å². The molecule has 0 aromatic rings. The highest BCUT2D eigenvalue weighted by Gasteiger charge is 2.14. The molecule has 10 heavy (non-hydrogen) atoms. The Morgan fingerprint density at radius 2 is 2.00 bits per heavy atom. The van der Waals surface area contributed by atoms with Crippen LogP contribution in [0.25, 0.3) is 0 Å². The molecule has 0 heterocycles. The predicted octanol–water partition coefficient (Wildman–Crippen LogP) is -0.477. The number of hydrogen-bond acceptors (Lipinski definition) is 4. The molecule has 0 unspecified atom stereocenters. The van der Waals surface area contributed by atoms with Crippen LogP contribution in [-0.2, 0) is 14.3 Å². The molecule has 0 amide bonds. The second kappa shape index (κ2) is 5.34. The lowest BCUT2D eigenvalue weighted by atomic mass is 10.3. The largest absolute Gasteiger partial charge is 0.349 e. The molecule has 0 aliphatic heterocycles. The van der Waals surface area contributed by atoms with Gasteiger partial charge >= 0.3 is 0 Å². The molecule has 0 bridgehead atoms. The van der Waals surface area contributed by atoms with Gasteiger partial charge in [-0.1, -0.05) is 0 Å². The van der Waals surface area contributed by atoms with E-state index in [2.05, 4.69) is 9.47 Å². The Kier molecular flexibility index (Phi) is 5.10. The molecule has 0 aromatic carbocycles. The second-order valence-corrected chi connectivity index (χ2v) is 1.81. The number of Topliss-reactive ketones (excluding diaryl/α,β-unsaturated/α-hetero) is 1. The van der Waals surface area contributed by atoms with Crippen LogP contribution >= 0.6 is 0 Å². The Morgan fingerprint density at radius 1 is 1.50 bits per heavy atom. The van der Waals surface area contributed by atoms with Gasteiger partial charge < -0.3 is 15.2 Å². The monoisotopic (exact) mass is 147 g/mol. The molecule has 0 spiro atoms. The molecule has 0 aliphatic rings. The van der Waals surface area contributed by atoms with E-state index < -0.39 is 6.29 Å². The summed E-state index contributed by atoms with van der Waals surface area (Å²) in [5, 5.41) is 0. The third-order valence-corrected chi connectivity index (χ3v) is 1.08. The first kappa shape index (κ1) is 9.55. The van der Waals surface area contributed by atoms with Crippen LogP contribution in [-0.4, -0.2) is 32.8 Å². The molecule has 0 atom stereocenters. The van der Waals surface area contributed by atoms with E-state index in [0.29, 0.717) is 13.0 Å². The van der Waals surface area contributed by atoms with Crippen LogP contribution in [0.1, 0.15) is 6.42 Å². The fourth-order valence-corrected chi connectivity index (χ4v) is 0.619. The maximum Gasteiger partial charge on any atom is 0.217 e. The van der Waals surface area contributed by atoms with Crippen LogP contribution in [0.3, 0.4) is 0 Å². The molecule has 0 fully saturated rings. The van der Waals surface area contributed by atoms with Gasteiger partial charge in [0.25, 0.3) is 0 Å². The van der Waals surface area contributed by atoms with E-state index in [1.54, 1.807) is 0 Å². The first-order valence-corrected chi connectivity index (χ1v) is 3.04. The summed E-state index contributed by atoms with van der Waals surface area (Å²) < 4.78 is 9.37. The van der Waals surface area contributed by atoms with E-state index in [1.807, 2.05) is 0 Å². The molecule has 0 aromatic heterocycles. The first-order chi connectivity index (χ1) is 4.76. The molecule has 0 rings (SSSR count). The number of hydrogen-bond donors (Lipinski definition) is 1. The van der Waals surface area contributed by atoms with Gasteiger partial charge in [0, 0.05) is 20.6 Å². The average molecular weight is 147 g/mol. The maximum atomic E-state index is 10.9. The minimum absolute atomic E-state index is 0.118.